The van der Waals surface area contributed by atoms with Crippen molar-refractivity contribution in [1.82, 2.24) is 14.8 Å². The zero-order valence-electron chi connectivity index (χ0n) is 17.4. The number of methoxy groups -OCH3 is 2. The van der Waals surface area contributed by atoms with E-state index in [2.05, 4.69) is 0 Å². The summed E-state index contributed by atoms with van der Waals surface area (Å²) in [5.74, 6) is 3.10. The number of hydrogen-bond donors (Lipinski definition) is 2. The lowest BCUT2D eigenvalue weighted by atomic mass is 9.84. The maximum atomic E-state index is 10.3. The molecule has 4 rings (SSSR count). The minimum atomic E-state index is -0.515. The maximum absolute atomic E-state index is 10.3. The van der Waals surface area contributed by atoms with Gasteiger partial charge in [0.15, 0.2) is 17.3 Å². The van der Waals surface area contributed by atoms with Crippen LogP contribution >= 0.6 is 0 Å². The summed E-state index contributed by atoms with van der Waals surface area (Å²) in [7, 11) is 3.25. The molecule has 0 spiro atoms. The predicted octanol–water partition coefficient (Wildman–Crippen LogP) is 2.83. The summed E-state index contributed by atoms with van der Waals surface area (Å²) in [6.07, 6.45) is 2.32. The molecule has 158 valence electrons. The largest absolute Gasteiger partial charge is 0.493 e. The minimum Gasteiger partial charge on any atom is -0.493 e. The lowest BCUT2D eigenvalue weighted by Gasteiger charge is -2.30. The predicted molar refractivity (Wildman–Crippen MR) is 114 cm³/mol. The Morgan fingerprint density at radius 3 is 2.53 bits per heavy atom. The van der Waals surface area contributed by atoms with Crippen LogP contribution in [-0.4, -0.2) is 46.2 Å². The van der Waals surface area contributed by atoms with Gasteiger partial charge in [-0.05, 0) is 49.1 Å². The van der Waals surface area contributed by atoms with Crippen LogP contribution in [0.4, 0.5) is 0 Å². The fraction of sp³-hybridized carbons (Fsp3) is 0.391. The van der Waals surface area contributed by atoms with E-state index in [9.17, 15) is 5.11 Å². The Hall–Kier alpha value is -2.90. The van der Waals surface area contributed by atoms with Gasteiger partial charge < -0.3 is 20.3 Å². The van der Waals surface area contributed by atoms with E-state index >= 15 is 0 Å². The van der Waals surface area contributed by atoms with Crippen molar-refractivity contribution in [2.24, 2.45) is 5.73 Å². The second-order valence-electron chi connectivity index (χ2n) is 7.74. The number of rotatable bonds is 6. The Morgan fingerprint density at radius 1 is 1.07 bits per heavy atom. The number of aromatic nitrogens is 3. The van der Waals surface area contributed by atoms with Crippen molar-refractivity contribution in [3.05, 3.63) is 65.7 Å². The van der Waals surface area contributed by atoms with Crippen LogP contribution in [-0.2, 0) is 6.42 Å². The molecule has 0 saturated heterocycles. The lowest BCUT2D eigenvalue weighted by Crippen LogP contribution is -2.40. The van der Waals surface area contributed by atoms with E-state index in [4.69, 9.17) is 25.3 Å². The number of nitrogens with two attached hydrogens (primary N) is 1. The highest BCUT2D eigenvalue weighted by molar-refractivity contribution is 5.43. The van der Waals surface area contributed by atoms with Crippen LogP contribution in [0.2, 0.25) is 0 Å². The molecule has 2 aromatic carbocycles. The summed E-state index contributed by atoms with van der Waals surface area (Å²) >= 11 is 0. The first-order chi connectivity index (χ1) is 14.6. The van der Waals surface area contributed by atoms with Crippen molar-refractivity contribution in [1.29, 1.82) is 0 Å². The summed E-state index contributed by atoms with van der Waals surface area (Å²) < 4.78 is 12.7. The van der Waals surface area contributed by atoms with Crippen molar-refractivity contribution in [3.63, 3.8) is 0 Å². The van der Waals surface area contributed by atoms with Gasteiger partial charge in [-0.3, -0.25) is 0 Å². The molecule has 3 atom stereocenters. The number of para-hydroxylation sites is 1. The first-order valence-electron chi connectivity index (χ1n) is 10.2. The molecule has 30 heavy (non-hydrogen) atoms. The van der Waals surface area contributed by atoms with Gasteiger partial charge in [-0.15, -0.1) is 0 Å². The van der Waals surface area contributed by atoms with E-state index < -0.39 is 6.10 Å². The van der Waals surface area contributed by atoms with Crippen molar-refractivity contribution in [2.45, 2.75) is 43.7 Å². The molecule has 0 radical (unpaired) electrons. The minimum absolute atomic E-state index is 0.117. The van der Waals surface area contributed by atoms with Gasteiger partial charge in [-0.1, -0.05) is 24.3 Å². The number of benzene rings is 2. The van der Waals surface area contributed by atoms with E-state index in [1.807, 2.05) is 53.2 Å². The molecule has 0 amide bonds. The van der Waals surface area contributed by atoms with E-state index in [0.29, 0.717) is 24.3 Å². The van der Waals surface area contributed by atoms with Gasteiger partial charge in [0.2, 0.25) is 0 Å². The number of hydrogen-bond acceptors (Lipinski definition) is 6. The zero-order valence-corrected chi connectivity index (χ0v) is 17.4. The molecule has 0 aliphatic heterocycles. The number of ether oxygens (including phenoxy) is 2. The van der Waals surface area contributed by atoms with Gasteiger partial charge in [0.05, 0.1) is 26.0 Å². The van der Waals surface area contributed by atoms with Crippen molar-refractivity contribution >= 4 is 0 Å². The third kappa shape index (κ3) is 4.17. The molecule has 0 bridgehead atoms. The van der Waals surface area contributed by atoms with Crippen molar-refractivity contribution in [3.8, 4) is 17.2 Å². The van der Waals surface area contributed by atoms with Crippen LogP contribution < -0.4 is 15.2 Å². The second kappa shape index (κ2) is 8.85. The molecule has 1 aliphatic carbocycles. The van der Waals surface area contributed by atoms with Crippen LogP contribution in [0.15, 0.2) is 48.5 Å². The van der Waals surface area contributed by atoms with E-state index in [1.54, 1.807) is 14.2 Å². The summed E-state index contributed by atoms with van der Waals surface area (Å²) in [4.78, 5) is 4.89. The summed E-state index contributed by atoms with van der Waals surface area (Å²) in [5.41, 5.74) is 8.01. The molecule has 7 nitrogen and oxygen atoms in total. The number of aliphatic hydroxyl groups excluding tert-OH is 1. The highest BCUT2D eigenvalue weighted by Gasteiger charge is 2.31. The smallest absolute Gasteiger partial charge is 0.161 e. The van der Waals surface area contributed by atoms with Gasteiger partial charge in [0, 0.05) is 18.4 Å². The Kier molecular flexibility index (Phi) is 6.01. The molecule has 1 fully saturated rings. The Morgan fingerprint density at radius 2 is 1.83 bits per heavy atom. The summed E-state index contributed by atoms with van der Waals surface area (Å²) in [6.45, 7) is 0. The number of aliphatic hydroxyl groups is 1. The van der Waals surface area contributed by atoms with E-state index in [1.165, 1.54) is 0 Å². The van der Waals surface area contributed by atoms with Gasteiger partial charge in [0.1, 0.15) is 5.82 Å². The molecule has 0 unspecified atom stereocenters. The van der Waals surface area contributed by atoms with Gasteiger partial charge in [-0.2, -0.15) is 5.10 Å². The summed E-state index contributed by atoms with van der Waals surface area (Å²) in [5, 5.41) is 15.1. The maximum Gasteiger partial charge on any atom is 0.161 e. The molecule has 1 heterocycles. The molecule has 1 saturated carbocycles. The topological polar surface area (TPSA) is 95.4 Å². The molecule has 1 aromatic heterocycles. The van der Waals surface area contributed by atoms with Crippen LogP contribution in [0.25, 0.3) is 5.69 Å². The molecular weight excluding hydrogens is 380 g/mol. The van der Waals surface area contributed by atoms with Crippen LogP contribution in [0.1, 0.15) is 42.4 Å². The molecule has 3 aromatic rings. The molecule has 3 N–H and O–H groups in total. The zero-order chi connectivity index (χ0) is 21.1. The van der Waals surface area contributed by atoms with Crippen molar-refractivity contribution < 1.29 is 14.6 Å². The third-order valence-corrected chi connectivity index (χ3v) is 5.72. The first-order valence-corrected chi connectivity index (χ1v) is 10.2. The Labute approximate surface area is 176 Å². The average Bonchev–Trinajstić information content (AvgIpc) is 3.20. The number of nitrogens with zero attached hydrogens (tertiary/aromatic N) is 3. The molecule has 1 aliphatic rings. The standard InChI is InChI=1S/C23H28N4O3/c1-29-20-11-8-15(12-21(20)30-2)13-22-25-23(16-9-10-18(24)19(28)14-16)27(26-22)17-6-4-3-5-7-17/h3-8,11-12,16,18-19,28H,9-10,13-14,24H2,1-2H3/t16-,18+,19+/m0/s1. The fourth-order valence-electron chi connectivity index (χ4n) is 4.04. The van der Waals surface area contributed by atoms with Crippen LogP contribution in [0, 0.1) is 0 Å². The second-order valence-corrected chi connectivity index (χ2v) is 7.74. The normalized spacial score (nSPS) is 21.4. The average molecular weight is 409 g/mol. The Bertz CT molecular complexity index is 989. The molecular formula is C23H28N4O3. The first kappa shape index (κ1) is 20.4. The quantitative estimate of drug-likeness (QED) is 0.651. The van der Waals surface area contributed by atoms with Crippen LogP contribution in [0.3, 0.4) is 0 Å². The summed E-state index contributed by atoms with van der Waals surface area (Å²) in [6, 6.07) is 15.7. The van der Waals surface area contributed by atoms with E-state index in [0.717, 1.165) is 35.7 Å². The van der Waals surface area contributed by atoms with E-state index in [-0.39, 0.29) is 12.0 Å². The van der Waals surface area contributed by atoms with Gasteiger partial charge in [0.25, 0.3) is 0 Å². The highest BCUT2D eigenvalue weighted by Crippen LogP contribution is 2.33. The SMILES string of the molecule is COc1ccc(Cc2nc([C@H]3CC[C@@H](N)[C@H](O)C3)n(-c3ccccc3)n2)cc1OC. The fourth-order valence-corrected chi connectivity index (χ4v) is 4.04. The lowest BCUT2D eigenvalue weighted by molar-refractivity contribution is 0.0961. The van der Waals surface area contributed by atoms with Gasteiger partial charge >= 0.3 is 0 Å². The van der Waals surface area contributed by atoms with Gasteiger partial charge in [-0.25, -0.2) is 9.67 Å². The molecule has 7 heteroatoms. The third-order valence-electron chi connectivity index (χ3n) is 5.72. The van der Waals surface area contributed by atoms with Crippen molar-refractivity contribution in [2.75, 3.05) is 14.2 Å². The monoisotopic (exact) mass is 408 g/mol. The van der Waals surface area contributed by atoms with Crippen LogP contribution in [0.5, 0.6) is 11.5 Å². The highest BCUT2D eigenvalue weighted by atomic mass is 16.5. The Balaban J connectivity index is 1.67.